The Morgan fingerprint density at radius 3 is 1.90 bits per heavy atom. The lowest BCUT2D eigenvalue weighted by atomic mass is 9.98. The number of benzene rings is 3. The summed E-state index contributed by atoms with van der Waals surface area (Å²) in [6.45, 7) is 1.73. The van der Waals surface area contributed by atoms with Gasteiger partial charge in [-0.2, -0.15) is 0 Å². The van der Waals surface area contributed by atoms with Crippen molar-refractivity contribution >= 4 is 29.3 Å². The zero-order valence-electron chi connectivity index (χ0n) is 22.7. The fraction of sp³-hybridized carbons (Fsp3) is 0.300. The molecule has 0 heterocycles. The first-order chi connectivity index (χ1) is 18.9. The summed E-state index contributed by atoms with van der Waals surface area (Å²) in [5, 5.41) is 10.4. The standard InChI is InChI=1S/C30H34ClFN4O4/c1-18-14-21(8-13-27(18)37)17-25(28(34)38)35(2)30(40)26(16-20-4-9-22(31)10-5-20)36(3)29(39)24(33)15-19-6-11-23(32)12-7-19/h4-14,24-26,37H,15-17,33H2,1-3H3,(H2,34,38)/t24-,25-,26-/m0/s1. The van der Waals surface area contributed by atoms with Gasteiger partial charge in [0.1, 0.15) is 23.7 Å². The maximum absolute atomic E-state index is 13.9. The van der Waals surface area contributed by atoms with E-state index in [1.807, 2.05) is 0 Å². The van der Waals surface area contributed by atoms with E-state index in [-0.39, 0.29) is 25.0 Å². The van der Waals surface area contributed by atoms with E-state index in [0.29, 0.717) is 21.7 Å². The van der Waals surface area contributed by atoms with E-state index in [9.17, 15) is 23.9 Å². The van der Waals surface area contributed by atoms with Crippen LogP contribution in [-0.2, 0) is 33.6 Å². The predicted molar refractivity (Wildman–Crippen MR) is 152 cm³/mol. The molecule has 0 radical (unpaired) electrons. The van der Waals surface area contributed by atoms with E-state index in [1.54, 1.807) is 55.5 Å². The molecule has 5 N–H and O–H groups in total. The van der Waals surface area contributed by atoms with Crippen LogP contribution >= 0.6 is 11.6 Å². The van der Waals surface area contributed by atoms with Crippen LogP contribution in [0.15, 0.2) is 66.7 Å². The summed E-state index contributed by atoms with van der Waals surface area (Å²) in [7, 11) is 2.96. The molecule has 0 unspecified atom stereocenters. The van der Waals surface area contributed by atoms with E-state index < -0.39 is 41.7 Å². The van der Waals surface area contributed by atoms with Crippen LogP contribution in [-0.4, -0.2) is 64.8 Å². The molecule has 0 saturated heterocycles. The highest BCUT2D eigenvalue weighted by Gasteiger charge is 2.35. The van der Waals surface area contributed by atoms with E-state index in [4.69, 9.17) is 23.1 Å². The Labute approximate surface area is 238 Å². The number of carbonyl (C=O) groups excluding carboxylic acids is 3. The number of amides is 3. The summed E-state index contributed by atoms with van der Waals surface area (Å²) in [5.41, 5.74) is 14.7. The SMILES string of the molecule is Cc1cc(C[C@@H](C(N)=O)N(C)C(=O)[C@H](Cc2ccc(Cl)cc2)N(C)C(=O)[C@@H](N)Cc2ccc(F)cc2)ccc1O. The first kappa shape index (κ1) is 30.6. The van der Waals surface area contributed by atoms with Crippen LogP contribution < -0.4 is 11.5 Å². The third kappa shape index (κ3) is 7.80. The van der Waals surface area contributed by atoms with Gasteiger partial charge in [-0.25, -0.2) is 4.39 Å². The fourth-order valence-electron chi connectivity index (χ4n) is 4.50. The molecule has 0 fully saturated rings. The molecular weight excluding hydrogens is 535 g/mol. The third-order valence-corrected chi connectivity index (χ3v) is 7.21. The lowest BCUT2D eigenvalue weighted by Crippen LogP contribution is -2.57. The van der Waals surface area contributed by atoms with Crippen molar-refractivity contribution in [2.45, 2.75) is 44.3 Å². The van der Waals surface area contributed by atoms with E-state index in [1.165, 1.54) is 42.1 Å². The largest absolute Gasteiger partial charge is 0.508 e. The number of aryl methyl sites for hydroxylation is 1. The average molecular weight is 569 g/mol. The predicted octanol–water partition coefficient (Wildman–Crippen LogP) is 2.99. The summed E-state index contributed by atoms with van der Waals surface area (Å²) >= 11 is 6.03. The molecule has 40 heavy (non-hydrogen) atoms. The van der Waals surface area contributed by atoms with Gasteiger partial charge in [0.25, 0.3) is 0 Å². The summed E-state index contributed by atoms with van der Waals surface area (Å²) in [5.74, 6) is -1.99. The van der Waals surface area contributed by atoms with Crippen molar-refractivity contribution in [1.82, 2.24) is 9.80 Å². The summed E-state index contributed by atoms with van der Waals surface area (Å²) < 4.78 is 13.3. The second kappa shape index (κ2) is 13.4. The minimum absolute atomic E-state index is 0.115. The van der Waals surface area contributed by atoms with Crippen molar-refractivity contribution in [3.05, 3.63) is 99.8 Å². The van der Waals surface area contributed by atoms with Gasteiger partial charge in [-0.05, 0) is 65.9 Å². The molecule has 3 amide bonds. The second-order valence-corrected chi connectivity index (χ2v) is 10.4. The number of phenolic OH excluding ortho intramolecular Hbond substituents is 1. The highest BCUT2D eigenvalue weighted by Crippen LogP contribution is 2.21. The highest BCUT2D eigenvalue weighted by atomic mass is 35.5. The lowest BCUT2D eigenvalue weighted by molar-refractivity contribution is -0.147. The number of likely N-dealkylation sites (N-methyl/N-ethyl adjacent to an activating group) is 2. The number of primary amides is 1. The van der Waals surface area contributed by atoms with Crippen LogP contribution in [0.1, 0.15) is 22.3 Å². The molecule has 3 aromatic rings. The number of phenols is 1. The Morgan fingerprint density at radius 1 is 0.825 bits per heavy atom. The maximum Gasteiger partial charge on any atom is 0.246 e. The number of halogens is 2. The summed E-state index contributed by atoms with van der Waals surface area (Å²) in [6, 6.07) is 14.4. The van der Waals surface area contributed by atoms with E-state index >= 15 is 0 Å². The molecule has 212 valence electrons. The minimum Gasteiger partial charge on any atom is -0.508 e. The van der Waals surface area contributed by atoms with Gasteiger partial charge in [-0.15, -0.1) is 0 Å². The first-order valence-electron chi connectivity index (χ1n) is 12.7. The number of aromatic hydroxyl groups is 1. The topological polar surface area (TPSA) is 130 Å². The molecule has 0 aliphatic carbocycles. The van der Waals surface area contributed by atoms with Crippen LogP contribution in [0.2, 0.25) is 5.02 Å². The Kier molecular flexibility index (Phi) is 10.3. The number of nitrogens with two attached hydrogens (primary N) is 2. The number of rotatable bonds is 11. The number of hydrogen-bond donors (Lipinski definition) is 3. The van der Waals surface area contributed by atoms with Crippen LogP contribution in [0.4, 0.5) is 4.39 Å². The molecule has 3 aromatic carbocycles. The van der Waals surface area contributed by atoms with Crippen molar-refractivity contribution in [3.63, 3.8) is 0 Å². The molecule has 0 aliphatic heterocycles. The van der Waals surface area contributed by atoms with Crippen molar-refractivity contribution < 1.29 is 23.9 Å². The van der Waals surface area contributed by atoms with Crippen molar-refractivity contribution in [3.8, 4) is 5.75 Å². The first-order valence-corrected chi connectivity index (χ1v) is 13.1. The quantitative estimate of drug-likeness (QED) is 0.327. The molecule has 3 atom stereocenters. The number of hydrogen-bond acceptors (Lipinski definition) is 5. The molecule has 3 rings (SSSR count). The van der Waals surface area contributed by atoms with Gasteiger partial charge < -0.3 is 26.4 Å². The minimum atomic E-state index is -1.01. The molecule has 10 heteroatoms. The lowest BCUT2D eigenvalue weighted by Gasteiger charge is -2.35. The molecule has 0 bridgehead atoms. The van der Waals surface area contributed by atoms with Crippen molar-refractivity contribution in [1.29, 1.82) is 0 Å². The highest BCUT2D eigenvalue weighted by molar-refractivity contribution is 6.30. The van der Waals surface area contributed by atoms with Crippen LogP contribution in [0.5, 0.6) is 5.75 Å². The average Bonchev–Trinajstić information content (AvgIpc) is 2.92. The Bertz CT molecular complexity index is 1350. The summed E-state index contributed by atoms with van der Waals surface area (Å²) in [6.07, 6.45) is 0.398. The van der Waals surface area contributed by atoms with Crippen LogP contribution in [0.3, 0.4) is 0 Å². The Morgan fingerprint density at radius 2 is 1.32 bits per heavy atom. The van der Waals surface area contributed by atoms with Gasteiger partial charge in [0.2, 0.25) is 17.7 Å². The zero-order chi connectivity index (χ0) is 29.6. The maximum atomic E-state index is 13.9. The number of carbonyl (C=O) groups is 3. The van der Waals surface area contributed by atoms with Gasteiger partial charge >= 0.3 is 0 Å². The van der Waals surface area contributed by atoms with Gasteiger partial charge in [0.15, 0.2) is 0 Å². The molecule has 8 nitrogen and oxygen atoms in total. The monoisotopic (exact) mass is 568 g/mol. The van der Waals surface area contributed by atoms with Crippen molar-refractivity contribution in [2.24, 2.45) is 11.5 Å². The van der Waals surface area contributed by atoms with Gasteiger partial charge in [-0.3, -0.25) is 14.4 Å². The van der Waals surface area contributed by atoms with Gasteiger partial charge in [-0.1, -0.05) is 48.0 Å². The Hall–Kier alpha value is -3.95. The van der Waals surface area contributed by atoms with E-state index in [0.717, 1.165) is 5.56 Å². The molecule has 0 spiro atoms. The third-order valence-electron chi connectivity index (χ3n) is 6.96. The van der Waals surface area contributed by atoms with Crippen LogP contribution in [0.25, 0.3) is 0 Å². The molecular formula is C30H34ClFN4O4. The molecule has 0 aliphatic rings. The zero-order valence-corrected chi connectivity index (χ0v) is 23.4. The smallest absolute Gasteiger partial charge is 0.246 e. The fourth-order valence-corrected chi connectivity index (χ4v) is 4.62. The second-order valence-electron chi connectivity index (χ2n) is 9.92. The summed E-state index contributed by atoms with van der Waals surface area (Å²) in [4.78, 5) is 42.4. The molecule has 0 saturated carbocycles. The van der Waals surface area contributed by atoms with Crippen molar-refractivity contribution in [2.75, 3.05) is 14.1 Å². The van der Waals surface area contributed by atoms with Gasteiger partial charge in [0, 0.05) is 32.0 Å². The van der Waals surface area contributed by atoms with E-state index in [2.05, 4.69) is 0 Å². The molecule has 0 aromatic heterocycles. The Balaban J connectivity index is 1.87. The normalized spacial score (nSPS) is 13.2. The van der Waals surface area contributed by atoms with Crippen LogP contribution in [0, 0.1) is 12.7 Å². The number of nitrogens with zero attached hydrogens (tertiary/aromatic N) is 2. The van der Waals surface area contributed by atoms with Gasteiger partial charge in [0.05, 0.1) is 6.04 Å².